The van der Waals surface area contributed by atoms with Gasteiger partial charge in [-0.15, -0.1) is 0 Å². The summed E-state index contributed by atoms with van der Waals surface area (Å²) in [6, 6.07) is 14.8. The third kappa shape index (κ3) is 5.18. The van der Waals surface area contributed by atoms with Crippen molar-refractivity contribution in [3.63, 3.8) is 0 Å². The van der Waals surface area contributed by atoms with E-state index in [1.54, 1.807) is 43.3 Å². The van der Waals surface area contributed by atoms with Crippen molar-refractivity contribution in [2.24, 2.45) is 0 Å². The van der Waals surface area contributed by atoms with Crippen LogP contribution in [0.1, 0.15) is 25.3 Å². The summed E-state index contributed by atoms with van der Waals surface area (Å²) in [6.07, 6.45) is 0.943. The molecular formula is C24H24FN5O3. The second kappa shape index (κ2) is 9.38. The summed E-state index contributed by atoms with van der Waals surface area (Å²) in [5.74, 6) is -1.14. The van der Waals surface area contributed by atoms with E-state index in [0.717, 1.165) is 5.56 Å². The van der Waals surface area contributed by atoms with Crippen LogP contribution in [0.25, 0.3) is 11.0 Å². The van der Waals surface area contributed by atoms with Gasteiger partial charge in [0.2, 0.25) is 5.91 Å². The number of piperidine rings is 1. The van der Waals surface area contributed by atoms with Crippen molar-refractivity contribution in [3.05, 3.63) is 70.5 Å². The molecule has 1 atom stereocenters. The molecule has 33 heavy (non-hydrogen) atoms. The molecule has 2 aromatic carbocycles. The van der Waals surface area contributed by atoms with E-state index in [1.807, 2.05) is 0 Å². The van der Waals surface area contributed by atoms with Crippen LogP contribution in [0, 0.1) is 17.1 Å². The van der Waals surface area contributed by atoms with Crippen LogP contribution in [0.5, 0.6) is 0 Å². The van der Waals surface area contributed by atoms with Gasteiger partial charge in [-0.3, -0.25) is 9.69 Å². The van der Waals surface area contributed by atoms with E-state index >= 15 is 0 Å². The molecular weight excluding hydrogens is 425 g/mol. The Balaban J connectivity index is 1.38. The Bertz CT molecular complexity index is 1240. The first-order valence-corrected chi connectivity index (χ1v) is 10.7. The molecule has 170 valence electrons. The van der Waals surface area contributed by atoms with Crippen molar-refractivity contribution in [2.75, 3.05) is 18.4 Å². The number of anilines is 1. The summed E-state index contributed by atoms with van der Waals surface area (Å²) in [5.41, 5.74) is 0.391. The second-order valence-electron chi connectivity index (χ2n) is 8.28. The normalized spacial score (nSPS) is 16.6. The van der Waals surface area contributed by atoms with Gasteiger partial charge in [-0.25, -0.2) is 9.18 Å². The summed E-state index contributed by atoms with van der Waals surface area (Å²) in [5, 5.41) is 16.3. The van der Waals surface area contributed by atoms with Crippen molar-refractivity contribution in [1.29, 1.82) is 5.26 Å². The van der Waals surface area contributed by atoms with Crippen LogP contribution in [-0.4, -0.2) is 40.5 Å². The van der Waals surface area contributed by atoms with E-state index in [2.05, 4.69) is 26.6 Å². The Morgan fingerprint density at radius 1 is 1.24 bits per heavy atom. The van der Waals surface area contributed by atoms with Gasteiger partial charge < -0.3 is 15.1 Å². The van der Waals surface area contributed by atoms with Crippen LogP contribution in [0.4, 0.5) is 10.2 Å². The van der Waals surface area contributed by atoms with E-state index in [0.29, 0.717) is 43.4 Å². The quantitative estimate of drug-likeness (QED) is 0.595. The van der Waals surface area contributed by atoms with Crippen LogP contribution in [0.15, 0.2) is 57.7 Å². The number of rotatable bonds is 6. The third-order valence-electron chi connectivity index (χ3n) is 5.89. The summed E-state index contributed by atoms with van der Waals surface area (Å²) in [6.45, 7) is 3.55. The number of nitrogens with zero attached hydrogens (tertiary/aromatic N) is 3. The molecule has 4 rings (SSSR count). The van der Waals surface area contributed by atoms with Crippen LogP contribution < -0.4 is 16.4 Å². The minimum absolute atomic E-state index is 0.254. The molecule has 0 aliphatic carbocycles. The number of hydrogen-bond donors (Lipinski definition) is 2. The largest absolute Gasteiger partial charge is 0.441 e. The highest BCUT2D eigenvalue weighted by Gasteiger charge is 2.37. The number of carbonyl (C=O) groups excluding carboxylic acids is 1. The molecule has 0 radical (unpaired) electrons. The maximum absolute atomic E-state index is 13.1. The highest BCUT2D eigenvalue weighted by molar-refractivity contribution is 5.91. The van der Waals surface area contributed by atoms with Gasteiger partial charge in [-0.1, -0.05) is 24.3 Å². The molecule has 1 unspecified atom stereocenters. The molecule has 1 aromatic heterocycles. The number of halogens is 1. The topological polar surface area (TPSA) is 111 Å². The first kappa shape index (κ1) is 22.4. The number of aromatic nitrogens is 1. The number of fused-ring (bicyclic) bond motifs is 1. The predicted molar refractivity (Wildman–Crippen MR) is 121 cm³/mol. The number of benzene rings is 2. The lowest BCUT2D eigenvalue weighted by Crippen LogP contribution is -2.56. The van der Waals surface area contributed by atoms with Gasteiger partial charge in [-0.05, 0) is 49.6 Å². The number of amides is 1. The van der Waals surface area contributed by atoms with Crippen molar-refractivity contribution >= 4 is 22.7 Å². The SMILES string of the molecule is CC(Nc1nc(=O)oc2ccccc12)C(=O)NC1(C#N)CCN(Cc2ccc(F)cc2)CC1. The van der Waals surface area contributed by atoms with Crippen molar-refractivity contribution in [3.8, 4) is 6.07 Å². The van der Waals surface area contributed by atoms with E-state index < -0.39 is 17.3 Å². The van der Waals surface area contributed by atoms with Crippen molar-refractivity contribution in [2.45, 2.75) is 37.9 Å². The van der Waals surface area contributed by atoms with Crippen molar-refractivity contribution < 1.29 is 13.6 Å². The van der Waals surface area contributed by atoms with Gasteiger partial charge in [0, 0.05) is 19.6 Å². The van der Waals surface area contributed by atoms with Gasteiger partial charge >= 0.3 is 5.76 Å². The first-order valence-electron chi connectivity index (χ1n) is 10.7. The molecule has 0 saturated carbocycles. The molecule has 1 aliphatic rings. The van der Waals surface area contributed by atoms with Crippen LogP contribution in [0.2, 0.25) is 0 Å². The maximum Gasteiger partial charge on any atom is 0.441 e. The number of nitrogens with one attached hydrogen (secondary N) is 2. The molecule has 1 fully saturated rings. The fourth-order valence-corrected chi connectivity index (χ4v) is 3.95. The Morgan fingerprint density at radius 3 is 2.64 bits per heavy atom. The Morgan fingerprint density at radius 2 is 1.94 bits per heavy atom. The smallest absolute Gasteiger partial charge is 0.408 e. The zero-order valence-corrected chi connectivity index (χ0v) is 18.2. The lowest BCUT2D eigenvalue weighted by atomic mass is 9.88. The number of carbonyl (C=O) groups is 1. The van der Waals surface area contributed by atoms with Gasteiger partial charge in [0.05, 0.1) is 11.5 Å². The highest BCUT2D eigenvalue weighted by Crippen LogP contribution is 2.24. The third-order valence-corrected chi connectivity index (χ3v) is 5.89. The predicted octanol–water partition coefficient (Wildman–Crippen LogP) is 2.80. The Kier molecular flexibility index (Phi) is 6.38. The lowest BCUT2D eigenvalue weighted by Gasteiger charge is -2.38. The van der Waals surface area contributed by atoms with E-state index in [4.69, 9.17) is 4.42 Å². The van der Waals surface area contributed by atoms with E-state index in [1.165, 1.54) is 12.1 Å². The molecule has 1 aliphatic heterocycles. The Labute approximate surface area is 190 Å². The van der Waals surface area contributed by atoms with Gasteiger partial charge in [0.25, 0.3) is 0 Å². The fourth-order valence-electron chi connectivity index (χ4n) is 3.95. The van der Waals surface area contributed by atoms with Gasteiger partial charge in [0.1, 0.15) is 28.8 Å². The van der Waals surface area contributed by atoms with Crippen LogP contribution in [-0.2, 0) is 11.3 Å². The zero-order chi connectivity index (χ0) is 23.4. The fraction of sp³-hybridized carbons (Fsp3) is 0.333. The monoisotopic (exact) mass is 449 g/mol. The average molecular weight is 449 g/mol. The van der Waals surface area contributed by atoms with E-state index in [9.17, 15) is 19.2 Å². The second-order valence-corrected chi connectivity index (χ2v) is 8.28. The summed E-state index contributed by atoms with van der Waals surface area (Å²) < 4.78 is 18.2. The highest BCUT2D eigenvalue weighted by atomic mass is 19.1. The van der Waals surface area contributed by atoms with Crippen LogP contribution >= 0.6 is 0 Å². The number of likely N-dealkylation sites (tertiary alicyclic amines) is 1. The maximum atomic E-state index is 13.1. The van der Waals surface area contributed by atoms with Gasteiger partial charge in [0.15, 0.2) is 0 Å². The molecule has 0 spiro atoms. The molecule has 3 aromatic rings. The molecule has 1 amide bonds. The molecule has 8 nitrogen and oxygen atoms in total. The average Bonchev–Trinajstić information content (AvgIpc) is 2.81. The standard InChI is InChI=1S/C24H24FN5O3/c1-16(27-21-19-4-2-3-5-20(19)33-23(32)28-21)22(31)29-24(15-26)10-12-30(13-11-24)14-17-6-8-18(25)9-7-17/h2-9,16H,10-14H2,1H3,(H,29,31)(H,27,28,32). The summed E-state index contributed by atoms with van der Waals surface area (Å²) >= 11 is 0. The molecule has 9 heteroatoms. The summed E-state index contributed by atoms with van der Waals surface area (Å²) in [7, 11) is 0. The number of nitriles is 1. The van der Waals surface area contributed by atoms with Crippen molar-refractivity contribution in [1.82, 2.24) is 15.2 Å². The molecule has 1 saturated heterocycles. The molecule has 2 N–H and O–H groups in total. The molecule has 2 heterocycles. The first-order chi connectivity index (χ1) is 15.9. The minimum atomic E-state index is -0.975. The molecule has 0 bridgehead atoms. The number of hydrogen-bond acceptors (Lipinski definition) is 7. The minimum Gasteiger partial charge on any atom is -0.408 e. The van der Waals surface area contributed by atoms with Gasteiger partial charge in [-0.2, -0.15) is 10.2 Å². The lowest BCUT2D eigenvalue weighted by molar-refractivity contribution is -0.123. The van der Waals surface area contributed by atoms with Crippen LogP contribution in [0.3, 0.4) is 0 Å². The summed E-state index contributed by atoms with van der Waals surface area (Å²) in [4.78, 5) is 30.7. The number of para-hydroxylation sites is 1. The zero-order valence-electron chi connectivity index (χ0n) is 18.2. The van der Waals surface area contributed by atoms with E-state index in [-0.39, 0.29) is 17.5 Å². The Hall–Kier alpha value is -3.77.